The summed E-state index contributed by atoms with van der Waals surface area (Å²) in [5.74, 6) is 0.354. The minimum atomic E-state index is -0.685. The van der Waals surface area contributed by atoms with E-state index in [9.17, 15) is 4.79 Å². The van der Waals surface area contributed by atoms with E-state index in [0.29, 0.717) is 17.2 Å². The van der Waals surface area contributed by atoms with Crippen molar-refractivity contribution in [3.63, 3.8) is 0 Å². The molecule has 2 N–H and O–H groups in total. The molecule has 0 aliphatic carbocycles. The van der Waals surface area contributed by atoms with E-state index in [1.165, 1.54) is 6.33 Å². The van der Waals surface area contributed by atoms with Crippen LogP contribution < -0.4 is 14.8 Å². The summed E-state index contributed by atoms with van der Waals surface area (Å²) in [5, 5.41) is 8.81. The minimum Gasteiger partial charge on any atom is -0.449 e. The molecule has 1 aliphatic rings. The number of H-pyrrole nitrogens is 1. The average Bonchev–Trinajstić information content (AvgIpc) is 2.93. The molecule has 98 valence electrons. The van der Waals surface area contributed by atoms with Crippen LogP contribution in [0.1, 0.15) is 24.5 Å². The Hall–Kier alpha value is -2.57. The van der Waals surface area contributed by atoms with Gasteiger partial charge in [0.05, 0.1) is 0 Å². The Morgan fingerprint density at radius 3 is 2.84 bits per heavy atom. The smallest absolute Gasteiger partial charge is 0.292 e. The molecular weight excluding hydrogens is 248 g/mol. The van der Waals surface area contributed by atoms with Gasteiger partial charge in [-0.2, -0.15) is 5.10 Å². The van der Waals surface area contributed by atoms with Crippen molar-refractivity contribution in [2.75, 3.05) is 5.32 Å². The molecule has 1 aromatic heterocycles. The van der Waals surface area contributed by atoms with Gasteiger partial charge in [-0.25, -0.2) is 4.98 Å². The van der Waals surface area contributed by atoms with Crippen molar-refractivity contribution in [2.45, 2.75) is 19.6 Å². The van der Waals surface area contributed by atoms with E-state index < -0.39 is 5.79 Å². The predicted octanol–water partition coefficient (Wildman–Crippen LogP) is 1.56. The van der Waals surface area contributed by atoms with Crippen LogP contribution in [0.25, 0.3) is 0 Å². The highest BCUT2D eigenvalue weighted by Gasteiger charge is 2.31. The lowest BCUT2D eigenvalue weighted by Gasteiger charge is -2.16. The van der Waals surface area contributed by atoms with Gasteiger partial charge in [0.2, 0.25) is 11.6 Å². The Bertz CT molecular complexity index is 622. The normalized spacial score (nSPS) is 15.3. The fourth-order valence-electron chi connectivity index (χ4n) is 1.81. The Morgan fingerprint density at radius 2 is 2.11 bits per heavy atom. The molecule has 0 unspecified atom stereocenters. The summed E-state index contributed by atoms with van der Waals surface area (Å²) in [6.45, 7) is 3.64. The highest BCUT2D eigenvalue weighted by Crippen LogP contribution is 2.40. The zero-order chi connectivity index (χ0) is 13.5. The van der Waals surface area contributed by atoms with Crippen molar-refractivity contribution in [3.8, 4) is 11.5 Å². The SMILES string of the molecule is CC1(C)Oc2ccc(NC(=O)c3ncn[nH]3)cc2O1. The first-order chi connectivity index (χ1) is 9.03. The lowest BCUT2D eigenvalue weighted by molar-refractivity contribution is -0.0431. The Kier molecular flexibility index (Phi) is 2.41. The zero-order valence-electron chi connectivity index (χ0n) is 10.4. The first-order valence-electron chi connectivity index (χ1n) is 5.72. The lowest BCUT2D eigenvalue weighted by atomic mass is 10.3. The van der Waals surface area contributed by atoms with E-state index in [2.05, 4.69) is 20.5 Å². The predicted molar refractivity (Wildman–Crippen MR) is 66.1 cm³/mol. The second-order valence-corrected chi connectivity index (χ2v) is 4.55. The number of amides is 1. The maximum Gasteiger partial charge on any atom is 0.292 e. The van der Waals surface area contributed by atoms with Gasteiger partial charge in [-0.1, -0.05) is 0 Å². The molecule has 1 amide bonds. The number of rotatable bonds is 2. The van der Waals surface area contributed by atoms with Crippen molar-refractivity contribution >= 4 is 11.6 Å². The molecule has 0 fully saturated rings. The molecule has 2 heterocycles. The van der Waals surface area contributed by atoms with Crippen LogP contribution in [0.5, 0.6) is 11.5 Å². The van der Waals surface area contributed by atoms with Crippen molar-refractivity contribution in [2.24, 2.45) is 0 Å². The topological polar surface area (TPSA) is 89.1 Å². The molecule has 7 nitrogen and oxygen atoms in total. The second kappa shape index (κ2) is 3.98. The third-order valence-corrected chi connectivity index (χ3v) is 2.54. The summed E-state index contributed by atoms with van der Waals surface area (Å²) in [4.78, 5) is 15.6. The Labute approximate surface area is 108 Å². The van der Waals surface area contributed by atoms with Crippen LogP contribution in [0.2, 0.25) is 0 Å². The number of nitrogens with one attached hydrogen (secondary N) is 2. The summed E-state index contributed by atoms with van der Waals surface area (Å²) in [7, 11) is 0. The highest BCUT2D eigenvalue weighted by molar-refractivity contribution is 6.01. The molecule has 0 saturated carbocycles. The number of anilines is 1. The molecule has 1 aliphatic heterocycles. The third kappa shape index (κ3) is 2.22. The molecule has 0 saturated heterocycles. The van der Waals surface area contributed by atoms with Gasteiger partial charge in [-0.15, -0.1) is 0 Å². The highest BCUT2D eigenvalue weighted by atomic mass is 16.7. The summed E-state index contributed by atoms with van der Waals surface area (Å²) >= 11 is 0. The number of ether oxygens (including phenoxy) is 2. The van der Waals surface area contributed by atoms with Crippen LogP contribution >= 0.6 is 0 Å². The minimum absolute atomic E-state index is 0.151. The van der Waals surface area contributed by atoms with Crippen LogP contribution in [0.15, 0.2) is 24.5 Å². The van der Waals surface area contributed by atoms with Gasteiger partial charge in [0, 0.05) is 25.6 Å². The Morgan fingerprint density at radius 1 is 1.32 bits per heavy atom. The maximum atomic E-state index is 11.8. The zero-order valence-corrected chi connectivity index (χ0v) is 10.4. The van der Waals surface area contributed by atoms with Crippen molar-refractivity contribution in [1.82, 2.24) is 15.2 Å². The molecule has 2 aromatic rings. The van der Waals surface area contributed by atoms with Gasteiger partial charge in [0.25, 0.3) is 5.91 Å². The van der Waals surface area contributed by atoms with E-state index in [1.807, 2.05) is 13.8 Å². The van der Waals surface area contributed by atoms with E-state index in [1.54, 1.807) is 18.2 Å². The van der Waals surface area contributed by atoms with Gasteiger partial charge in [-0.3, -0.25) is 9.89 Å². The molecule has 3 rings (SSSR count). The fourth-order valence-corrected chi connectivity index (χ4v) is 1.81. The molecule has 0 spiro atoms. The number of aromatic nitrogens is 3. The van der Waals surface area contributed by atoms with E-state index in [4.69, 9.17) is 9.47 Å². The van der Waals surface area contributed by atoms with Gasteiger partial charge >= 0.3 is 0 Å². The number of hydrogen-bond acceptors (Lipinski definition) is 5. The molecule has 1 aromatic carbocycles. The number of carbonyl (C=O) groups excluding carboxylic acids is 1. The van der Waals surface area contributed by atoms with Crippen molar-refractivity contribution < 1.29 is 14.3 Å². The second-order valence-electron chi connectivity index (χ2n) is 4.55. The van der Waals surface area contributed by atoms with Gasteiger partial charge in [0.1, 0.15) is 6.33 Å². The quantitative estimate of drug-likeness (QED) is 0.855. The third-order valence-electron chi connectivity index (χ3n) is 2.54. The molecule has 7 heteroatoms. The largest absolute Gasteiger partial charge is 0.449 e. The molecule has 0 radical (unpaired) electrons. The van der Waals surface area contributed by atoms with Crippen molar-refractivity contribution in [3.05, 3.63) is 30.4 Å². The van der Waals surface area contributed by atoms with E-state index in [0.717, 1.165) is 0 Å². The first kappa shape index (κ1) is 11.5. The lowest BCUT2D eigenvalue weighted by Crippen LogP contribution is -2.29. The van der Waals surface area contributed by atoms with Crippen LogP contribution in [-0.4, -0.2) is 26.9 Å². The molecule has 0 atom stereocenters. The van der Waals surface area contributed by atoms with Gasteiger partial charge in [0.15, 0.2) is 11.5 Å². The number of nitrogens with zero attached hydrogens (tertiary/aromatic N) is 2. The molecule has 0 bridgehead atoms. The molecule has 19 heavy (non-hydrogen) atoms. The maximum absolute atomic E-state index is 11.8. The number of hydrogen-bond donors (Lipinski definition) is 2. The number of aromatic amines is 1. The van der Waals surface area contributed by atoms with E-state index >= 15 is 0 Å². The van der Waals surface area contributed by atoms with Crippen LogP contribution in [0.3, 0.4) is 0 Å². The standard InChI is InChI=1S/C12H12N4O3/c1-12(2)18-8-4-3-7(5-9(8)19-12)15-11(17)10-13-6-14-16-10/h3-6H,1-2H3,(H,15,17)(H,13,14,16). The summed E-state index contributed by atoms with van der Waals surface area (Å²) in [6.07, 6.45) is 1.27. The van der Waals surface area contributed by atoms with Crippen LogP contribution in [0, 0.1) is 0 Å². The summed E-state index contributed by atoms with van der Waals surface area (Å²) in [6, 6.07) is 5.19. The first-order valence-corrected chi connectivity index (χ1v) is 5.72. The van der Waals surface area contributed by atoms with E-state index in [-0.39, 0.29) is 11.7 Å². The number of benzene rings is 1. The van der Waals surface area contributed by atoms with Crippen molar-refractivity contribution in [1.29, 1.82) is 0 Å². The number of fused-ring (bicyclic) bond motifs is 1. The summed E-state index contributed by atoms with van der Waals surface area (Å²) in [5.41, 5.74) is 0.599. The molecular formula is C12H12N4O3. The Balaban J connectivity index is 1.79. The van der Waals surface area contributed by atoms with Gasteiger partial charge < -0.3 is 14.8 Å². The monoisotopic (exact) mass is 260 g/mol. The summed E-state index contributed by atoms with van der Waals surface area (Å²) < 4.78 is 11.2. The average molecular weight is 260 g/mol. The fraction of sp³-hybridized carbons (Fsp3) is 0.250. The van der Waals surface area contributed by atoms with Gasteiger partial charge in [-0.05, 0) is 12.1 Å². The van der Waals surface area contributed by atoms with Crippen LogP contribution in [0.4, 0.5) is 5.69 Å². The number of carbonyl (C=O) groups is 1. The van der Waals surface area contributed by atoms with Crippen LogP contribution in [-0.2, 0) is 0 Å².